The molecule has 3 N–H and O–H groups in total. The molecule has 1 amide bonds. The number of hydrogen-bond donors (Lipinski definition) is 2. The highest BCUT2D eigenvalue weighted by Gasteiger charge is 2.27. The number of imidazole rings is 1. The summed E-state index contributed by atoms with van der Waals surface area (Å²) >= 11 is 0. The average Bonchev–Trinajstić information content (AvgIpc) is 3.26. The van der Waals surface area contributed by atoms with E-state index in [0.717, 1.165) is 6.07 Å². The fourth-order valence-electron chi connectivity index (χ4n) is 3.80. The third kappa shape index (κ3) is 5.37. The third-order valence-corrected chi connectivity index (χ3v) is 5.63. The van der Waals surface area contributed by atoms with Gasteiger partial charge in [0.25, 0.3) is 0 Å². The monoisotopic (exact) mass is 515 g/mol. The molecule has 0 aliphatic rings. The van der Waals surface area contributed by atoms with Gasteiger partial charge >= 0.3 is 6.18 Å². The molecule has 37 heavy (non-hydrogen) atoms. The highest BCUT2D eigenvalue weighted by molar-refractivity contribution is 6.08. The maximum Gasteiger partial charge on any atom is 0.390 e. The highest BCUT2D eigenvalue weighted by Crippen LogP contribution is 2.28. The number of aryl methyl sites for hydroxylation is 1. The Morgan fingerprint density at radius 1 is 1.14 bits per heavy atom. The summed E-state index contributed by atoms with van der Waals surface area (Å²) in [4.78, 5) is 29.1. The number of nitrogens with one attached hydrogen (secondary N) is 1. The molecule has 8 nitrogen and oxygen atoms in total. The Balaban J connectivity index is 1.83. The predicted octanol–water partition coefficient (Wildman–Crippen LogP) is 4.55. The van der Waals surface area contributed by atoms with E-state index in [9.17, 15) is 27.2 Å². The van der Waals surface area contributed by atoms with E-state index < -0.39 is 36.6 Å². The van der Waals surface area contributed by atoms with Crippen molar-refractivity contribution in [3.05, 3.63) is 76.9 Å². The normalized spacial score (nSPS) is 11.5. The highest BCUT2D eigenvalue weighted by atomic mass is 19.4. The van der Waals surface area contributed by atoms with E-state index >= 15 is 0 Å². The van der Waals surface area contributed by atoms with Crippen LogP contribution in [0.5, 0.6) is 5.75 Å². The number of amides is 1. The molecule has 0 fully saturated rings. The van der Waals surface area contributed by atoms with Crippen LogP contribution in [0.15, 0.2) is 48.7 Å². The number of nitrogens with zero attached hydrogens (tertiary/aromatic N) is 3. The van der Waals surface area contributed by atoms with Crippen LogP contribution >= 0.6 is 0 Å². The maximum atomic E-state index is 14.2. The molecule has 0 aliphatic carbocycles. The molecule has 192 valence electrons. The van der Waals surface area contributed by atoms with Gasteiger partial charge in [-0.25, -0.2) is 13.9 Å². The summed E-state index contributed by atoms with van der Waals surface area (Å²) in [5.41, 5.74) is 7.38. The first-order valence-electron chi connectivity index (χ1n) is 11.0. The standard InChI is InChI=1S/C25H21F4N5O3/c1-13-9-14(3-5-16(13)23(30)36)20-12-32-24-19(31-8-7-25(27,28)29)11-18(33-34(20)24)22(35)15-4-6-21(37-2)17(26)10-15/h3-6,9-12,31H,7-8H2,1-2H3,(H2,30,36). The Kier molecular flexibility index (Phi) is 6.84. The minimum Gasteiger partial charge on any atom is -0.494 e. The van der Waals surface area contributed by atoms with Crippen molar-refractivity contribution in [2.75, 3.05) is 19.0 Å². The zero-order valence-electron chi connectivity index (χ0n) is 19.7. The minimum atomic E-state index is -4.39. The number of halogens is 4. The Hall–Kier alpha value is -4.48. The number of aromatic nitrogens is 3. The molecule has 0 spiro atoms. The van der Waals surface area contributed by atoms with Gasteiger partial charge in [-0.2, -0.15) is 18.3 Å². The van der Waals surface area contributed by atoms with Gasteiger partial charge in [-0.3, -0.25) is 9.59 Å². The molecule has 0 bridgehead atoms. The van der Waals surface area contributed by atoms with Gasteiger partial charge in [0.1, 0.15) is 5.69 Å². The van der Waals surface area contributed by atoms with E-state index in [1.165, 1.54) is 42.1 Å². The van der Waals surface area contributed by atoms with E-state index in [2.05, 4.69) is 15.4 Å². The number of alkyl halides is 3. The van der Waals surface area contributed by atoms with Crippen LogP contribution in [0.2, 0.25) is 0 Å². The van der Waals surface area contributed by atoms with E-state index in [-0.39, 0.29) is 28.3 Å². The molecule has 0 atom stereocenters. The third-order valence-electron chi connectivity index (χ3n) is 5.63. The average molecular weight is 515 g/mol. The number of benzene rings is 2. The van der Waals surface area contributed by atoms with Gasteiger partial charge in [-0.05, 0) is 48.9 Å². The number of hydrogen-bond acceptors (Lipinski definition) is 6. The van der Waals surface area contributed by atoms with Crippen LogP contribution in [0.4, 0.5) is 23.2 Å². The summed E-state index contributed by atoms with van der Waals surface area (Å²) in [6.45, 7) is 1.22. The molecule has 0 saturated heterocycles. The van der Waals surface area contributed by atoms with Crippen molar-refractivity contribution in [3.8, 4) is 17.0 Å². The molecule has 12 heteroatoms. The lowest BCUT2D eigenvalue weighted by molar-refractivity contribution is -0.131. The van der Waals surface area contributed by atoms with Crippen LogP contribution in [0.1, 0.15) is 38.4 Å². The van der Waals surface area contributed by atoms with Gasteiger partial charge in [-0.15, -0.1) is 0 Å². The van der Waals surface area contributed by atoms with Gasteiger partial charge in [0.05, 0.1) is 31.1 Å². The van der Waals surface area contributed by atoms with Gasteiger partial charge in [0.15, 0.2) is 17.2 Å². The number of rotatable bonds is 8. The van der Waals surface area contributed by atoms with Crippen LogP contribution in [0, 0.1) is 12.7 Å². The van der Waals surface area contributed by atoms with E-state index in [4.69, 9.17) is 10.5 Å². The molecule has 2 aromatic heterocycles. The van der Waals surface area contributed by atoms with Crippen molar-refractivity contribution >= 4 is 23.0 Å². The number of anilines is 1. The van der Waals surface area contributed by atoms with E-state index in [0.29, 0.717) is 22.4 Å². The molecule has 0 aliphatic heterocycles. The zero-order valence-corrected chi connectivity index (χ0v) is 19.7. The molecular weight excluding hydrogens is 494 g/mol. The van der Waals surface area contributed by atoms with Crippen molar-refractivity contribution < 1.29 is 31.9 Å². The number of ketones is 1. The molecule has 0 unspecified atom stereocenters. The first-order chi connectivity index (χ1) is 17.5. The number of primary amides is 1. The quantitative estimate of drug-likeness (QED) is 0.263. The summed E-state index contributed by atoms with van der Waals surface area (Å²) in [6, 6.07) is 9.73. The van der Waals surface area contributed by atoms with Crippen LogP contribution in [-0.2, 0) is 0 Å². The number of carbonyl (C=O) groups is 2. The second-order valence-electron chi connectivity index (χ2n) is 8.19. The fourth-order valence-corrected chi connectivity index (χ4v) is 3.80. The van der Waals surface area contributed by atoms with Crippen molar-refractivity contribution in [1.29, 1.82) is 0 Å². The lowest BCUT2D eigenvalue weighted by Gasteiger charge is -2.12. The van der Waals surface area contributed by atoms with Crippen molar-refractivity contribution in [1.82, 2.24) is 14.6 Å². The summed E-state index contributed by atoms with van der Waals surface area (Å²) < 4.78 is 58.7. The van der Waals surface area contributed by atoms with Gasteiger partial charge in [0.2, 0.25) is 11.7 Å². The van der Waals surface area contributed by atoms with Gasteiger partial charge < -0.3 is 15.8 Å². The Bertz CT molecular complexity index is 1510. The second-order valence-corrected chi connectivity index (χ2v) is 8.19. The Labute approximate surface area is 208 Å². The smallest absolute Gasteiger partial charge is 0.390 e. The summed E-state index contributed by atoms with van der Waals surface area (Å²) in [6.07, 6.45) is -4.07. The van der Waals surface area contributed by atoms with Crippen molar-refractivity contribution in [3.63, 3.8) is 0 Å². The number of carbonyl (C=O) groups excluding carboxylic acids is 2. The molecule has 4 aromatic rings. The summed E-state index contributed by atoms with van der Waals surface area (Å²) in [5, 5.41) is 7.03. The number of ether oxygens (including phenoxy) is 1. The fraction of sp³-hybridized carbons (Fsp3) is 0.200. The van der Waals surface area contributed by atoms with Crippen LogP contribution < -0.4 is 15.8 Å². The molecule has 0 saturated carbocycles. The first kappa shape index (κ1) is 25.6. The molecule has 2 aromatic carbocycles. The number of fused-ring (bicyclic) bond motifs is 1. The van der Waals surface area contributed by atoms with Crippen molar-refractivity contribution in [2.24, 2.45) is 5.73 Å². The first-order valence-corrected chi connectivity index (χ1v) is 11.0. The SMILES string of the molecule is COc1ccc(C(=O)c2cc(NCCC(F)(F)F)c3ncc(-c4ccc(C(N)=O)c(C)c4)n3n2)cc1F. The Morgan fingerprint density at radius 2 is 1.89 bits per heavy atom. The number of nitrogens with two attached hydrogens (primary N) is 1. The second kappa shape index (κ2) is 9.88. The molecule has 0 radical (unpaired) electrons. The number of methoxy groups -OCH3 is 1. The molecule has 4 rings (SSSR count). The summed E-state index contributed by atoms with van der Waals surface area (Å²) in [7, 11) is 1.28. The minimum absolute atomic E-state index is 0.0327. The van der Waals surface area contributed by atoms with Crippen LogP contribution in [0.25, 0.3) is 16.9 Å². The van der Waals surface area contributed by atoms with E-state index in [1.807, 2.05) is 0 Å². The van der Waals surface area contributed by atoms with Crippen LogP contribution in [0.3, 0.4) is 0 Å². The Morgan fingerprint density at radius 3 is 2.51 bits per heavy atom. The van der Waals surface area contributed by atoms with Gasteiger partial charge in [-0.1, -0.05) is 6.07 Å². The topological polar surface area (TPSA) is 112 Å². The lowest BCUT2D eigenvalue weighted by atomic mass is 10.0. The predicted molar refractivity (Wildman–Crippen MR) is 127 cm³/mol. The molecule has 2 heterocycles. The van der Waals surface area contributed by atoms with E-state index in [1.54, 1.807) is 19.1 Å². The van der Waals surface area contributed by atoms with Crippen molar-refractivity contribution in [2.45, 2.75) is 19.5 Å². The zero-order chi connectivity index (χ0) is 26.9. The largest absolute Gasteiger partial charge is 0.494 e. The van der Waals surface area contributed by atoms with Crippen LogP contribution in [-0.4, -0.2) is 46.1 Å². The summed E-state index contributed by atoms with van der Waals surface area (Å²) in [5.74, 6) is -2.08. The molecular formula is C25H21F4N5O3. The lowest BCUT2D eigenvalue weighted by Crippen LogP contribution is -2.16. The maximum absolute atomic E-state index is 14.2. The van der Waals surface area contributed by atoms with Gasteiger partial charge in [0, 0.05) is 23.2 Å².